The lowest BCUT2D eigenvalue weighted by molar-refractivity contribution is -0.170. The third kappa shape index (κ3) is 2.84. The van der Waals surface area contributed by atoms with Crippen LogP contribution in [-0.2, 0) is 9.53 Å². The lowest BCUT2D eigenvalue weighted by atomic mass is 10.0. The molecule has 0 aromatic carbocycles. The van der Waals surface area contributed by atoms with Crippen LogP contribution in [-0.4, -0.2) is 37.5 Å². The number of hydrogen-bond acceptors (Lipinski definition) is 2. The predicted octanol–water partition coefficient (Wildman–Crippen LogP) is 1.43. The monoisotopic (exact) mass is 243 g/mol. The Labute approximate surface area is 90.1 Å². The van der Waals surface area contributed by atoms with E-state index in [1.165, 1.54) is 6.92 Å². The lowest BCUT2D eigenvalue weighted by Gasteiger charge is -2.22. The van der Waals surface area contributed by atoms with Crippen molar-refractivity contribution in [2.75, 3.05) is 13.2 Å². The number of rotatable bonds is 4. The Kier molecular flexibility index (Phi) is 4.12. The molecule has 1 saturated heterocycles. The predicted molar refractivity (Wildman–Crippen MR) is 47.5 cm³/mol. The molecule has 0 spiro atoms. The summed E-state index contributed by atoms with van der Waals surface area (Å²) in [6.07, 6.45) is -3.36. The van der Waals surface area contributed by atoms with Crippen LogP contribution in [0.1, 0.15) is 13.3 Å². The molecule has 1 heterocycles. The Bertz CT molecular complexity index is 254. The van der Waals surface area contributed by atoms with Crippen molar-refractivity contribution in [2.24, 2.45) is 5.92 Å². The number of carbonyl (C=O) groups is 1. The summed E-state index contributed by atoms with van der Waals surface area (Å²) in [7, 11) is 0. The molecule has 2 atom stereocenters. The fourth-order valence-electron chi connectivity index (χ4n) is 1.47. The summed E-state index contributed by atoms with van der Waals surface area (Å²) < 4.78 is 53.9. The van der Waals surface area contributed by atoms with E-state index in [1.54, 1.807) is 0 Å². The molecule has 1 rings (SSSR count). The highest BCUT2D eigenvalue weighted by Gasteiger charge is 2.49. The van der Waals surface area contributed by atoms with E-state index in [0.29, 0.717) is 19.6 Å². The Morgan fingerprint density at radius 3 is 2.56 bits per heavy atom. The number of hydrogen-bond donors (Lipinski definition) is 1. The van der Waals surface area contributed by atoms with Gasteiger partial charge in [-0.05, 0) is 13.3 Å². The first kappa shape index (κ1) is 13.2. The largest absolute Gasteiger partial charge is 0.383 e. The van der Waals surface area contributed by atoms with Crippen molar-refractivity contribution in [1.29, 1.82) is 0 Å². The average molecular weight is 243 g/mol. The molecule has 0 radical (unpaired) electrons. The van der Waals surface area contributed by atoms with E-state index in [9.17, 15) is 22.4 Å². The van der Waals surface area contributed by atoms with Gasteiger partial charge in [0, 0.05) is 18.6 Å². The van der Waals surface area contributed by atoms with Crippen molar-refractivity contribution >= 4 is 5.91 Å². The van der Waals surface area contributed by atoms with Crippen molar-refractivity contribution in [3.05, 3.63) is 0 Å². The second-order valence-electron chi connectivity index (χ2n) is 3.81. The Morgan fingerprint density at radius 2 is 2.12 bits per heavy atom. The Morgan fingerprint density at radius 1 is 1.50 bits per heavy atom. The zero-order chi connectivity index (χ0) is 12.3. The van der Waals surface area contributed by atoms with Gasteiger partial charge >= 0.3 is 12.3 Å². The van der Waals surface area contributed by atoms with E-state index in [-0.39, 0.29) is 5.92 Å². The van der Waals surface area contributed by atoms with Crippen molar-refractivity contribution in [3.63, 3.8) is 0 Å². The number of nitrogens with one attached hydrogen (secondary N) is 1. The van der Waals surface area contributed by atoms with E-state index in [1.807, 2.05) is 5.32 Å². The molecule has 1 N–H and O–H groups in total. The van der Waals surface area contributed by atoms with Crippen LogP contribution in [0.5, 0.6) is 0 Å². The van der Waals surface area contributed by atoms with Crippen LogP contribution < -0.4 is 5.32 Å². The third-order valence-electron chi connectivity index (χ3n) is 2.61. The summed E-state index contributed by atoms with van der Waals surface area (Å²) in [5.41, 5.74) is 0. The molecule has 0 aliphatic carbocycles. The summed E-state index contributed by atoms with van der Waals surface area (Å²) in [5.74, 6) is -6.66. The maximum Gasteiger partial charge on any atom is 0.383 e. The molecular weight excluding hydrogens is 230 g/mol. The highest BCUT2D eigenvalue weighted by Crippen LogP contribution is 2.24. The number of alkyl halides is 4. The molecular formula is C9H13F4NO2. The molecule has 0 aromatic heterocycles. The SMILES string of the molecule is CC(NC(=O)C(F)(F)C(F)F)C1CCOC1. The second kappa shape index (κ2) is 4.99. The first-order valence-corrected chi connectivity index (χ1v) is 4.90. The van der Waals surface area contributed by atoms with Gasteiger partial charge in [-0.15, -0.1) is 0 Å². The smallest absolute Gasteiger partial charge is 0.381 e. The molecule has 0 saturated carbocycles. The van der Waals surface area contributed by atoms with Crippen molar-refractivity contribution < 1.29 is 27.1 Å². The summed E-state index contributed by atoms with van der Waals surface area (Å²) in [5, 5.41) is 1.89. The molecule has 7 heteroatoms. The minimum atomic E-state index is -4.63. The molecule has 16 heavy (non-hydrogen) atoms. The standard InChI is InChI=1S/C9H13F4NO2/c1-5(6-2-3-16-4-6)14-8(15)9(12,13)7(10)11/h5-7H,2-4H2,1H3,(H,14,15). The molecule has 3 nitrogen and oxygen atoms in total. The van der Waals surface area contributed by atoms with Crippen LogP contribution in [0.2, 0.25) is 0 Å². The molecule has 1 fully saturated rings. The lowest BCUT2D eigenvalue weighted by Crippen LogP contribution is -2.50. The van der Waals surface area contributed by atoms with Gasteiger partial charge in [-0.2, -0.15) is 8.78 Å². The van der Waals surface area contributed by atoms with Gasteiger partial charge in [-0.3, -0.25) is 4.79 Å². The van der Waals surface area contributed by atoms with Gasteiger partial charge in [0.2, 0.25) is 0 Å². The number of amides is 1. The highest BCUT2D eigenvalue weighted by atomic mass is 19.3. The van der Waals surface area contributed by atoms with Crippen molar-refractivity contribution in [3.8, 4) is 0 Å². The van der Waals surface area contributed by atoms with Crippen LogP contribution in [0, 0.1) is 5.92 Å². The Balaban J connectivity index is 2.50. The summed E-state index contributed by atoms with van der Waals surface area (Å²) in [4.78, 5) is 10.9. The molecule has 0 aromatic rings. The highest BCUT2D eigenvalue weighted by molar-refractivity contribution is 5.84. The molecule has 1 aliphatic rings. The minimum Gasteiger partial charge on any atom is -0.381 e. The number of halogens is 4. The number of carbonyl (C=O) groups excluding carboxylic acids is 1. The van der Waals surface area contributed by atoms with Gasteiger partial charge in [-0.25, -0.2) is 8.78 Å². The first-order valence-electron chi connectivity index (χ1n) is 4.90. The van der Waals surface area contributed by atoms with E-state index in [2.05, 4.69) is 0 Å². The van der Waals surface area contributed by atoms with Crippen LogP contribution in [0.15, 0.2) is 0 Å². The van der Waals surface area contributed by atoms with Gasteiger partial charge in [0.25, 0.3) is 5.91 Å². The summed E-state index contributed by atoms with van der Waals surface area (Å²) in [6, 6.07) is -0.598. The maximum absolute atomic E-state index is 12.6. The van der Waals surface area contributed by atoms with Gasteiger partial charge in [-0.1, -0.05) is 0 Å². The fraction of sp³-hybridized carbons (Fsp3) is 0.889. The maximum atomic E-state index is 12.6. The second-order valence-corrected chi connectivity index (χ2v) is 3.81. The zero-order valence-corrected chi connectivity index (χ0v) is 8.68. The number of ether oxygens (including phenoxy) is 1. The topological polar surface area (TPSA) is 38.3 Å². The van der Waals surface area contributed by atoms with E-state index in [4.69, 9.17) is 4.74 Å². The molecule has 1 aliphatic heterocycles. The first-order chi connectivity index (χ1) is 7.35. The summed E-state index contributed by atoms with van der Waals surface area (Å²) >= 11 is 0. The summed E-state index contributed by atoms with van der Waals surface area (Å²) in [6.45, 7) is 2.34. The van der Waals surface area contributed by atoms with Crippen LogP contribution in [0.3, 0.4) is 0 Å². The van der Waals surface area contributed by atoms with Gasteiger partial charge in [0.15, 0.2) is 0 Å². The van der Waals surface area contributed by atoms with Crippen LogP contribution in [0.4, 0.5) is 17.6 Å². The van der Waals surface area contributed by atoms with E-state index in [0.717, 1.165) is 0 Å². The average Bonchev–Trinajstić information content (AvgIpc) is 2.69. The molecule has 94 valence electrons. The molecule has 1 amide bonds. The van der Waals surface area contributed by atoms with Crippen molar-refractivity contribution in [1.82, 2.24) is 5.32 Å². The Hall–Kier alpha value is -0.850. The van der Waals surface area contributed by atoms with Gasteiger partial charge in [0.05, 0.1) is 6.61 Å². The van der Waals surface area contributed by atoms with E-state index >= 15 is 0 Å². The van der Waals surface area contributed by atoms with Crippen LogP contribution >= 0.6 is 0 Å². The van der Waals surface area contributed by atoms with Gasteiger partial charge < -0.3 is 10.1 Å². The minimum absolute atomic E-state index is 0.0996. The molecule has 0 bridgehead atoms. The molecule has 2 unspecified atom stereocenters. The zero-order valence-electron chi connectivity index (χ0n) is 8.68. The quantitative estimate of drug-likeness (QED) is 0.758. The van der Waals surface area contributed by atoms with Gasteiger partial charge in [0.1, 0.15) is 0 Å². The third-order valence-corrected chi connectivity index (χ3v) is 2.61. The fourth-order valence-corrected chi connectivity index (χ4v) is 1.47. The normalized spacial score (nSPS) is 23.5. The van der Waals surface area contributed by atoms with E-state index < -0.39 is 24.3 Å². The van der Waals surface area contributed by atoms with Crippen molar-refractivity contribution in [2.45, 2.75) is 31.7 Å². The van der Waals surface area contributed by atoms with Crippen LogP contribution in [0.25, 0.3) is 0 Å².